The zero-order chi connectivity index (χ0) is 39.7. The van der Waals surface area contributed by atoms with E-state index in [4.69, 9.17) is 23.8 Å². The van der Waals surface area contributed by atoms with Crippen LogP contribution in [0.4, 0.5) is 0 Å². The van der Waals surface area contributed by atoms with Gasteiger partial charge in [-0.05, 0) is 81.9 Å². The molecule has 0 fully saturated rings. The van der Waals surface area contributed by atoms with Crippen molar-refractivity contribution in [3.8, 4) is 56.4 Å². The van der Waals surface area contributed by atoms with E-state index in [1.54, 1.807) is 11.3 Å². The molecule has 0 atom stereocenters. The highest BCUT2D eigenvalue weighted by atomic mass is 32.1. The van der Waals surface area contributed by atoms with Gasteiger partial charge < -0.3 is 8.83 Å². The number of aromatic nitrogens is 3. The Balaban J connectivity index is 1.05. The number of thiophene rings is 1. The Morgan fingerprint density at radius 1 is 0.400 bits per heavy atom. The molecule has 0 amide bonds. The number of hydrogen-bond acceptors (Lipinski definition) is 6. The van der Waals surface area contributed by atoms with Crippen molar-refractivity contribution >= 4 is 75.4 Å². The molecule has 5 nitrogen and oxygen atoms in total. The number of hydrogen-bond donors (Lipinski definition) is 0. The molecule has 60 heavy (non-hydrogen) atoms. The number of rotatable bonds is 4. The molecule has 6 heteroatoms. The smallest absolute Gasteiger partial charge is 0.167 e. The maximum absolute atomic E-state index is 6.58. The van der Waals surface area contributed by atoms with Crippen molar-refractivity contribution in [1.29, 1.82) is 0 Å². The zero-order valence-corrected chi connectivity index (χ0v) is 33.5. The third-order valence-corrected chi connectivity index (χ3v) is 13.7. The van der Waals surface area contributed by atoms with E-state index in [-0.39, 0.29) is 5.41 Å². The average molecular weight is 788 g/mol. The lowest BCUT2D eigenvalue weighted by Crippen LogP contribution is -2.14. The molecule has 12 aromatic rings. The molecular formula is C54H33N3O2S. The monoisotopic (exact) mass is 787 g/mol. The lowest BCUT2D eigenvalue weighted by Gasteiger charge is -2.21. The number of fused-ring (bicyclic) bond motifs is 12. The highest BCUT2D eigenvalue weighted by molar-refractivity contribution is 7.25. The Morgan fingerprint density at radius 3 is 1.87 bits per heavy atom. The van der Waals surface area contributed by atoms with Gasteiger partial charge in [-0.3, -0.25) is 0 Å². The fourth-order valence-corrected chi connectivity index (χ4v) is 10.8. The first-order chi connectivity index (χ1) is 29.5. The van der Waals surface area contributed by atoms with Crippen LogP contribution in [0.2, 0.25) is 0 Å². The molecule has 0 saturated heterocycles. The second-order valence-corrected chi connectivity index (χ2v) is 17.4. The topological polar surface area (TPSA) is 65.0 Å². The minimum Gasteiger partial charge on any atom is -0.456 e. The highest BCUT2D eigenvalue weighted by Crippen LogP contribution is 2.50. The van der Waals surface area contributed by atoms with Gasteiger partial charge >= 0.3 is 0 Å². The van der Waals surface area contributed by atoms with Crippen LogP contribution in [0.25, 0.3) is 120 Å². The van der Waals surface area contributed by atoms with Crippen LogP contribution in [-0.4, -0.2) is 15.0 Å². The molecule has 0 spiro atoms. The van der Waals surface area contributed by atoms with Gasteiger partial charge in [0.05, 0.1) is 5.56 Å². The molecule has 1 aliphatic rings. The van der Waals surface area contributed by atoms with Gasteiger partial charge in [-0.2, -0.15) is 0 Å². The summed E-state index contributed by atoms with van der Waals surface area (Å²) in [5.41, 5.74) is 13.4. The van der Waals surface area contributed by atoms with Gasteiger partial charge in [0.1, 0.15) is 22.3 Å². The Labute approximate surface area is 348 Å². The minimum absolute atomic E-state index is 0.0513. The van der Waals surface area contributed by atoms with E-state index in [0.717, 1.165) is 77.1 Å². The molecule has 282 valence electrons. The number of para-hydroxylation sites is 2. The molecule has 0 saturated carbocycles. The summed E-state index contributed by atoms with van der Waals surface area (Å²) in [6.07, 6.45) is 0. The summed E-state index contributed by atoms with van der Waals surface area (Å²) < 4.78 is 15.6. The van der Waals surface area contributed by atoms with E-state index in [9.17, 15) is 0 Å². The van der Waals surface area contributed by atoms with Crippen LogP contribution in [0, 0.1) is 0 Å². The van der Waals surface area contributed by atoms with Crippen molar-refractivity contribution in [1.82, 2.24) is 15.0 Å². The summed E-state index contributed by atoms with van der Waals surface area (Å²) in [6, 6.07) is 57.7. The maximum atomic E-state index is 6.58. The molecular weight excluding hydrogens is 755 g/mol. The molecule has 0 bridgehead atoms. The Kier molecular flexibility index (Phi) is 6.88. The molecule has 0 aliphatic heterocycles. The van der Waals surface area contributed by atoms with Gasteiger partial charge in [0.25, 0.3) is 0 Å². The lowest BCUT2D eigenvalue weighted by atomic mass is 9.82. The van der Waals surface area contributed by atoms with E-state index in [2.05, 4.69) is 141 Å². The van der Waals surface area contributed by atoms with Crippen LogP contribution in [0.3, 0.4) is 0 Å². The first-order valence-electron chi connectivity index (χ1n) is 20.3. The quantitative estimate of drug-likeness (QED) is 0.178. The molecule has 0 N–H and O–H groups in total. The van der Waals surface area contributed by atoms with Crippen LogP contribution in [0.1, 0.15) is 25.0 Å². The first kappa shape index (κ1) is 33.6. The van der Waals surface area contributed by atoms with Gasteiger partial charge in [0, 0.05) is 58.3 Å². The van der Waals surface area contributed by atoms with E-state index in [0.29, 0.717) is 17.5 Å². The molecule has 8 aromatic carbocycles. The van der Waals surface area contributed by atoms with Gasteiger partial charge in [-0.1, -0.05) is 129 Å². The van der Waals surface area contributed by atoms with Crippen LogP contribution in [0.5, 0.6) is 0 Å². The molecule has 4 heterocycles. The minimum atomic E-state index is -0.0513. The highest BCUT2D eigenvalue weighted by Gasteiger charge is 2.35. The van der Waals surface area contributed by atoms with E-state index in [1.807, 2.05) is 36.4 Å². The Hall–Kier alpha value is -7.41. The lowest BCUT2D eigenvalue weighted by molar-refractivity contribution is 0.660. The van der Waals surface area contributed by atoms with Crippen LogP contribution in [0.15, 0.2) is 173 Å². The second-order valence-electron chi connectivity index (χ2n) is 16.3. The maximum Gasteiger partial charge on any atom is 0.167 e. The Morgan fingerprint density at radius 2 is 0.983 bits per heavy atom. The summed E-state index contributed by atoms with van der Waals surface area (Å²) in [5, 5.41) is 6.37. The summed E-state index contributed by atoms with van der Waals surface area (Å²) in [7, 11) is 0. The van der Waals surface area contributed by atoms with Gasteiger partial charge in [0.2, 0.25) is 0 Å². The van der Waals surface area contributed by atoms with Crippen molar-refractivity contribution in [3.05, 3.63) is 175 Å². The molecule has 0 unspecified atom stereocenters. The van der Waals surface area contributed by atoms with Crippen molar-refractivity contribution in [3.63, 3.8) is 0 Å². The van der Waals surface area contributed by atoms with Crippen molar-refractivity contribution in [2.24, 2.45) is 0 Å². The second kappa shape index (κ2) is 12.3. The summed E-state index contributed by atoms with van der Waals surface area (Å²) in [4.78, 5) is 16.0. The third kappa shape index (κ3) is 4.76. The Bertz CT molecular complexity index is 3770. The average Bonchev–Trinajstić information content (AvgIpc) is 4.04. The first-order valence-corrected chi connectivity index (χ1v) is 21.1. The van der Waals surface area contributed by atoms with Crippen molar-refractivity contribution < 1.29 is 8.83 Å². The van der Waals surface area contributed by atoms with Gasteiger partial charge in [-0.25, -0.2) is 15.0 Å². The van der Waals surface area contributed by atoms with Gasteiger partial charge in [-0.15, -0.1) is 11.3 Å². The van der Waals surface area contributed by atoms with Crippen LogP contribution in [-0.2, 0) is 5.41 Å². The van der Waals surface area contributed by atoms with Crippen LogP contribution < -0.4 is 0 Å². The molecule has 1 aliphatic carbocycles. The number of furan rings is 2. The summed E-state index contributed by atoms with van der Waals surface area (Å²) in [6.45, 7) is 4.64. The van der Waals surface area contributed by atoms with Gasteiger partial charge in [0.15, 0.2) is 17.5 Å². The molecule has 0 radical (unpaired) electrons. The summed E-state index contributed by atoms with van der Waals surface area (Å²) >= 11 is 1.78. The standard InChI is InChI=1S/C54H33N3O2S/c1-54(2)41-19-6-3-12-32(41)39-28-30(24-26-42(39)54)31-25-27-44-40(29-31)48-36(16-10-21-45(48)58-44)51-55-52(37-17-11-23-47-49(37)35-14-5-8-22-46(35)60-47)57-53(56-51)38-18-9-15-34-33-13-4-7-20-43(33)59-50(34)38/h3-29H,1-2H3. The molecule has 13 rings (SSSR count). The van der Waals surface area contributed by atoms with E-state index < -0.39 is 0 Å². The number of nitrogens with zero attached hydrogens (tertiary/aromatic N) is 3. The third-order valence-electron chi connectivity index (χ3n) is 12.6. The van der Waals surface area contributed by atoms with Crippen LogP contribution >= 0.6 is 11.3 Å². The predicted octanol–water partition coefficient (Wildman–Crippen LogP) is 15.0. The normalized spacial score (nSPS) is 13.3. The van der Waals surface area contributed by atoms with E-state index in [1.165, 1.54) is 37.0 Å². The van der Waals surface area contributed by atoms with Crippen molar-refractivity contribution in [2.45, 2.75) is 19.3 Å². The zero-order valence-electron chi connectivity index (χ0n) is 32.7. The largest absolute Gasteiger partial charge is 0.456 e. The van der Waals surface area contributed by atoms with E-state index >= 15 is 0 Å². The molecule has 4 aromatic heterocycles. The SMILES string of the molecule is CC1(C)c2ccccc2-c2cc(-c3ccc4oc5cccc(-c6nc(-c7cccc8c7oc7ccccc78)nc(-c7cccc8sc9ccccc9c78)n6)c5c4c3)ccc21. The predicted molar refractivity (Wildman–Crippen MR) is 247 cm³/mol. The number of benzene rings is 8. The fourth-order valence-electron chi connectivity index (χ4n) is 9.71. The van der Waals surface area contributed by atoms with Crippen molar-refractivity contribution in [2.75, 3.05) is 0 Å². The fraction of sp³-hybridized carbons (Fsp3) is 0.0556. The summed E-state index contributed by atoms with van der Waals surface area (Å²) in [5.74, 6) is 1.71.